The summed E-state index contributed by atoms with van der Waals surface area (Å²) in [5.41, 5.74) is 1.78. The highest BCUT2D eigenvalue weighted by Crippen LogP contribution is 2.25. The molecule has 0 aromatic carbocycles. The van der Waals surface area contributed by atoms with Crippen LogP contribution in [0.5, 0.6) is 0 Å². The van der Waals surface area contributed by atoms with Crippen LogP contribution in [0.4, 0.5) is 0 Å². The first kappa shape index (κ1) is 12.1. The third-order valence-corrected chi connectivity index (χ3v) is 4.49. The van der Waals surface area contributed by atoms with E-state index in [1.807, 2.05) is 18.2 Å². The fourth-order valence-electron chi connectivity index (χ4n) is 1.87. The molecule has 0 radical (unpaired) electrons. The molecule has 18 heavy (non-hydrogen) atoms. The second-order valence-corrected chi connectivity index (χ2v) is 6.61. The number of halogens is 2. The Morgan fingerprint density at radius 3 is 2.94 bits per heavy atom. The topological polar surface area (TPSA) is 30.7 Å². The zero-order chi connectivity index (χ0) is 12.5. The fraction of sp³-hybridized carbons (Fsp3) is 0.167. The lowest BCUT2D eigenvalue weighted by atomic mass is 10.4. The molecule has 0 atom stereocenters. The van der Waals surface area contributed by atoms with Gasteiger partial charge in [-0.2, -0.15) is 0 Å². The molecule has 0 aliphatic rings. The highest BCUT2D eigenvalue weighted by atomic mass is 79.9. The summed E-state index contributed by atoms with van der Waals surface area (Å²) in [6.07, 6.45) is 1.78. The lowest BCUT2D eigenvalue weighted by Crippen LogP contribution is -2.03. The van der Waals surface area contributed by atoms with Crippen LogP contribution in [0.15, 0.2) is 34.2 Å². The molecule has 3 nitrogen and oxygen atoms in total. The van der Waals surface area contributed by atoms with Crippen molar-refractivity contribution in [3.8, 4) is 0 Å². The number of nitrogens with zero attached hydrogens (tertiary/aromatic N) is 3. The smallest absolute Gasteiger partial charge is 0.160 e. The van der Waals surface area contributed by atoms with Crippen LogP contribution >= 0.6 is 38.9 Å². The second-order valence-electron chi connectivity index (χ2n) is 3.80. The zero-order valence-electron chi connectivity index (χ0n) is 9.31. The molecule has 0 aliphatic carbocycles. The molecule has 0 amide bonds. The van der Waals surface area contributed by atoms with Gasteiger partial charge in [-0.25, -0.2) is 9.97 Å². The monoisotopic (exact) mass is 341 g/mol. The van der Waals surface area contributed by atoms with Crippen molar-refractivity contribution in [1.29, 1.82) is 0 Å². The van der Waals surface area contributed by atoms with E-state index in [1.54, 1.807) is 17.5 Å². The van der Waals surface area contributed by atoms with Gasteiger partial charge in [-0.1, -0.05) is 0 Å². The number of pyridine rings is 1. The van der Waals surface area contributed by atoms with Crippen molar-refractivity contribution in [1.82, 2.24) is 14.5 Å². The summed E-state index contributed by atoms with van der Waals surface area (Å²) in [7, 11) is 0. The molecular formula is C12H9BrClN3S. The number of hydrogen-bond acceptors (Lipinski definition) is 3. The summed E-state index contributed by atoms with van der Waals surface area (Å²) < 4.78 is 3.20. The van der Waals surface area contributed by atoms with E-state index in [2.05, 4.69) is 36.5 Å². The zero-order valence-corrected chi connectivity index (χ0v) is 12.5. The van der Waals surface area contributed by atoms with Crippen molar-refractivity contribution in [3.05, 3.63) is 45.0 Å². The Labute approximate surface area is 122 Å². The molecule has 92 valence electrons. The number of thiophene rings is 1. The Bertz CT molecular complexity index is 692. The molecule has 0 spiro atoms. The molecule has 0 fully saturated rings. The van der Waals surface area contributed by atoms with Crippen LogP contribution in [-0.2, 0) is 12.4 Å². The van der Waals surface area contributed by atoms with Crippen LogP contribution < -0.4 is 0 Å². The summed E-state index contributed by atoms with van der Waals surface area (Å²) >= 11 is 11.1. The standard InChI is InChI=1S/C12H9BrClN3S/c13-10-4-3-8(18-10)7-17-11(6-14)16-9-2-1-5-15-12(9)17/h1-5H,6-7H2. The Balaban J connectivity index is 2.09. The van der Waals surface area contributed by atoms with Gasteiger partial charge >= 0.3 is 0 Å². The minimum atomic E-state index is 0.392. The molecule has 0 N–H and O–H groups in total. The number of aromatic nitrogens is 3. The average molecular weight is 343 g/mol. The summed E-state index contributed by atoms with van der Waals surface area (Å²) in [6, 6.07) is 7.99. The van der Waals surface area contributed by atoms with Gasteiger partial charge in [-0.15, -0.1) is 22.9 Å². The van der Waals surface area contributed by atoms with E-state index in [4.69, 9.17) is 11.6 Å². The van der Waals surface area contributed by atoms with Gasteiger partial charge in [-0.3, -0.25) is 0 Å². The average Bonchev–Trinajstić information content (AvgIpc) is 2.94. The fourth-order valence-corrected chi connectivity index (χ4v) is 3.54. The van der Waals surface area contributed by atoms with Crippen molar-refractivity contribution in [2.24, 2.45) is 0 Å². The number of rotatable bonds is 3. The third kappa shape index (κ3) is 2.18. The normalized spacial score (nSPS) is 11.2. The maximum Gasteiger partial charge on any atom is 0.160 e. The highest BCUT2D eigenvalue weighted by Gasteiger charge is 2.11. The Morgan fingerprint density at radius 2 is 2.22 bits per heavy atom. The summed E-state index contributed by atoms with van der Waals surface area (Å²) in [5.74, 6) is 1.25. The molecular weight excluding hydrogens is 334 g/mol. The predicted octanol–water partition coefficient (Wildman–Crippen LogP) is 4.04. The van der Waals surface area contributed by atoms with Gasteiger partial charge in [0.2, 0.25) is 0 Å². The first-order valence-corrected chi connectivity index (χ1v) is 7.52. The number of hydrogen-bond donors (Lipinski definition) is 0. The minimum absolute atomic E-state index is 0.392. The van der Waals surface area contributed by atoms with E-state index in [-0.39, 0.29) is 0 Å². The van der Waals surface area contributed by atoms with Crippen molar-refractivity contribution in [2.75, 3.05) is 0 Å². The lowest BCUT2D eigenvalue weighted by molar-refractivity contribution is 0.780. The minimum Gasteiger partial charge on any atom is -0.306 e. The molecule has 0 bridgehead atoms. The van der Waals surface area contributed by atoms with Gasteiger partial charge in [0.05, 0.1) is 16.2 Å². The predicted molar refractivity (Wildman–Crippen MR) is 78.2 cm³/mol. The lowest BCUT2D eigenvalue weighted by Gasteiger charge is -2.04. The SMILES string of the molecule is ClCc1nc2cccnc2n1Cc1ccc(Br)s1. The first-order valence-electron chi connectivity index (χ1n) is 5.38. The Morgan fingerprint density at radius 1 is 1.33 bits per heavy atom. The summed E-state index contributed by atoms with van der Waals surface area (Å²) in [6.45, 7) is 0.756. The van der Waals surface area contributed by atoms with E-state index in [1.165, 1.54) is 4.88 Å². The molecule has 3 heterocycles. The molecule has 3 aromatic rings. The van der Waals surface area contributed by atoms with Crippen LogP contribution in [0.2, 0.25) is 0 Å². The maximum absolute atomic E-state index is 5.96. The summed E-state index contributed by atoms with van der Waals surface area (Å²) in [5, 5.41) is 0. The maximum atomic E-state index is 5.96. The molecule has 0 unspecified atom stereocenters. The van der Waals surface area contributed by atoms with E-state index in [0.717, 1.165) is 27.3 Å². The van der Waals surface area contributed by atoms with E-state index < -0.39 is 0 Å². The molecule has 3 aromatic heterocycles. The van der Waals surface area contributed by atoms with Crippen molar-refractivity contribution in [3.63, 3.8) is 0 Å². The second kappa shape index (κ2) is 4.99. The molecule has 0 aliphatic heterocycles. The van der Waals surface area contributed by atoms with Crippen molar-refractivity contribution < 1.29 is 0 Å². The van der Waals surface area contributed by atoms with Gasteiger partial charge < -0.3 is 4.57 Å². The van der Waals surface area contributed by atoms with Crippen LogP contribution in [0, 0.1) is 0 Å². The first-order chi connectivity index (χ1) is 8.78. The highest BCUT2D eigenvalue weighted by molar-refractivity contribution is 9.11. The van der Waals surface area contributed by atoms with Gasteiger partial charge in [0, 0.05) is 11.1 Å². The van der Waals surface area contributed by atoms with Crippen molar-refractivity contribution in [2.45, 2.75) is 12.4 Å². The van der Waals surface area contributed by atoms with Gasteiger partial charge in [0.25, 0.3) is 0 Å². The van der Waals surface area contributed by atoms with Crippen LogP contribution in [0.3, 0.4) is 0 Å². The van der Waals surface area contributed by atoms with E-state index >= 15 is 0 Å². The summed E-state index contributed by atoms with van der Waals surface area (Å²) in [4.78, 5) is 10.1. The molecule has 0 saturated heterocycles. The number of imidazole rings is 1. The Hall–Kier alpha value is -0.910. The van der Waals surface area contributed by atoms with Crippen molar-refractivity contribution >= 4 is 50.0 Å². The molecule has 3 rings (SSSR count). The van der Waals surface area contributed by atoms with Gasteiger partial charge in [-0.05, 0) is 40.2 Å². The quantitative estimate of drug-likeness (QED) is 0.673. The van der Waals surface area contributed by atoms with Crippen LogP contribution in [0.25, 0.3) is 11.2 Å². The van der Waals surface area contributed by atoms with Crippen LogP contribution in [-0.4, -0.2) is 14.5 Å². The third-order valence-electron chi connectivity index (χ3n) is 2.65. The van der Waals surface area contributed by atoms with Gasteiger partial charge in [0.1, 0.15) is 11.3 Å². The van der Waals surface area contributed by atoms with E-state index in [0.29, 0.717) is 5.88 Å². The molecule has 0 saturated carbocycles. The number of alkyl halides is 1. The molecule has 6 heteroatoms. The largest absolute Gasteiger partial charge is 0.306 e. The van der Waals surface area contributed by atoms with Gasteiger partial charge in [0.15, 0.2) is 5.65 Å². The van der Waals surface area contributed by atoms with Crippen LogP contribution in [0.1, 0.15) is 10.7 Å². The van der Waals surface area contributed by atoms with E-state index in [9.17, 15) is 0 Å². The number of fused-ring (bicyclic) bond motifs is 1. The Kier molecular flexibility index (Phi) is 3.37.